The Morgan fingerprint density at radius 2 is 2.15 bits per heavy atom. The number of nitrogens with two attached hydrogens (primary N) is 1. The van der Waals surface area contributed by atoms with E-state index in [0.717, 1.165) is 10.7 Å². The van der Waals surface area contributed by atoms with Gasteiger partial charge in [-0.05, 0) is 5.92 Å². The second kappa shape index (κ2) is 11.3. The number of thiazole rings is 1. The predicted octanol–water partition coefficient (Wildman–Crippen LogP) is 2.09. The van der Waals surface area contributed by atoms with Crippen molar-refractivity contribution in [2.45, 2.75) is 38.8 Å². The molecule has 0 saturated heterocycles. The first kappa shape index (κ1) is 21.9. The summed E-state index contributed by atoms with van der Waals surface area (Å²) in [5.41, 5.74) is 6.53. The first-order valence-corrected chi connectivity index (χ1v) is 6.88. The minimum Gasteiger partial charge on any atom is -0.380 e. The molecule has 118 valence electrons. The van der Waals surface area contributed by atoms with Gasteiger partial charge in [-0.25, -0.2) is 4.98 Å². The van der Waals surface area contributed by atoms with Crippen LogP contribution in [0.3, 0.4) is 0 Å². The summed E-state index contributed by atoms with van der Waals surface area (Å²) in [4.78, 5) is 16.1. The molecule has 1 rings (SSSR count). The number of halogens is 2. The van der Waals surface area contributed by atoms with E-state index in [1.165, 1.54) is 0 Å². The molecule has 0 fully saturated rings. The lowest BCUT2D eigenvalue weighted by Crippen LogP contribution is -2.31. The number of carbonyl (C=O) groups excluding carboxylic acids is 1. The molecule has 20 heavy (non-hydrogen) atoms. The van der Waals surface area contributed by atoms with E-state index in [0.29, 0.717) is 19.0 Å². The molecule has 1 aromatic rings. The average Bonchev–Trinajstić information content (AvgIpc) is 2.82. The van der Waals surface area contributed by atoms with Gasteiger partial charge in [-0.15, -0.1) is 36.2 Å². The Balaban J connectivity index is 0. The highest BCUT2D eigenvalue weighted by Crippen LogP contribution is 2.17. The molecule has 0 spiro atoms. The minimum absolute atomic E-state index is 0. The molecule has 3 N–H and O–H groups in total. The summed E-state index contributed by atoms with van der Waals surface area (Å²) in [5, 5.41) is 5.78. The van der Waals surface area contributed by atoms with Crippen molar-refractivity contribution < 1.29 is 9.53 Å². The number of rotatable bonds is 7. The number of nitrogens with zero attached hydrogens (tertiary/aromatic N) is 1. The van der Waals surface area contributed by atoms with Gasteiger partial charge in [-0.1, -0.05) is 13.8 Å². The molecule has 1 aromatic heterocycles. The van der Waals surface area contributed by atoms with Gasteiger partial charge >= 0.3 is 0 Å². The van der Waals surface area contributed by atoms with Gasteiger partial charge in [0.1, 0.15) is 5.01 Å². The third-order valence-electron chi connectivity index (χ3n) is 2.61. The Labute approximate surface area is 136 Å². The number of methoxy groups -OCH3 is 1. The zero-order chi connectivity index (χ0) is 13.5. The van der Waals surface area contributed by atoms with Gasteiger partial charge < -0.3 is 15.8 Å². The van der Waals surface area contributed by atoms with Crippen LogP contribution in [-0.2, 0) is 16.1 Å². The number of hydrogen-bond acceptors (Lipinski definition) is 5. The van der Waals surface area contributed by atoms with E-state index >= 15 is 0 Å². The summed E-state index contributed by atoms with van der Waals surface area (Å²) in [5.74, 6) is 0.356. The first-order chi connectivity index (χ1) is 8.56. The third kappa shape index (κ3) is 7.40. The Bertz CT molecular complexity index is 385. The van der Waals surface area contributed by atoms with Crippen LogP contribution < -0.4 is 11.1 Å². The Morgan fingerprint density at radius 1 is 1.50 bits per heavy atom. The van der Waals surface area contributed by atoms with Crippen molar-refractivity contribution in [1.82, 2.24) is 10.3 Å². The fourth-order valence-corrected chi connectivity index (χ4v) is 2.28. The van der Waals surface area contributed by atoms with Crippen molar-refractivity contribution in [3.05, 3.63) is 16.1 Å². The van der Waals surface area contributed by atoms with Crippen LogP contribution in [0.15, 0.2) is 5.38 Å². The Hall–Kier alpha value is -0.400. The van der Waals surface area contributed by atoms with Crippen LogP contribution in [0.2, 0.25) is 0 Å². The zero-order valence-electron chi connectivity index (χ0n) is 11.9. The third-order valence-corrected chi connectivity index (χ3v) is 3.47. The molecule has 0 saturated carbocycles. The van der Waals surface area contributed by atoms with Crippen LogP contribution in [-0.4, -0.2) is 30.6 Å². The lowest BCUT2D eigenvalue weighted by atomic mass is 10.2. The molecule has 0 aromatic carbocycles. The number of ether oxygens (including phenoxy) is 1. The van der Waals surface area contributed by atoms with E-state index in [9.17, 15) is 4.79 Å². The van der Waals surface area contributed by atoms with Gasteiger partial charge in [0, 0.05) is 19.0 Å². The predicted molar refractivity (Wildman–Crippen MR) is 87.0 cm³/mol. The fraction of sp³-hybridized carbons (Fsp3) is 0.667. The Morgan fingerprint density at radius 3 is 2.60 bits per heavy atom. The van der Waals surface area contributed by atoms with Crippen LogP contribution in [0.5, 0.6) is 0 Å². The molecule has 0 aliphatic rings. The molecule has 1 amide bonds. The molecule has 1 unspecified atom stereocenters. The molecule has 0 aliphatic heterocycles. The molecule has 1 atom stereocenters. The normalized spacial score (nSPS) is 11.4. The summed E-state index contributed by atoms with van der Waals surface area (Å²) < 4.78 is 5.06. The first-order valence-electron chi connectivity index (χ1n) is 6.00. The highest BCUT2D eigenvalue weighted by molar-refractivity contribution is 7.09. The molecular formula is C12H23Cl2N3O2S. The van der Waals surface area contributed by atoms with E-state index in [-0.39, 0.29) is 43.2 Å². The monoisotopic (exact) mass is 343 g/mol. The van der Waals surface area contributed by atoms with Crippen LogP contribution >= 0.6 is 36.2 Å². The van der Waals surface area contributed by atoms with Gasteiger partial charge in [-0.2, -0.15) is 0 Å². The second-order valence-electron chi connectivity index (χ2n) is 4.40. The smallest absolute Gasteiger partial charge is 0.223 e. The number of aromatic nitrogens is 1. The van der Waals surface area contributed by atoms with E-state index in [2.05, 4.69) is 24.1 Å². The number of amides is 1. The summed E-state index contributed by atoms with van der Waals surface area (Å²) in [6.07, 6.45) is 0.0719. The van der Waals surface area contributed by atoms with Gasteiger partial charge in [0.15, 0.2) is 0 Å². The van der Waals surface area contributed by atoms with Crippen LogP contribution in [0.1, 0.15) is 36.9 Å². The van der Waals surface area contributed by atoms with Gasteiger partial charge in [-0.3, -0.25) is 4.79 Å². The van der Waals surface area contributed by atoms with E-state index < -0.39 is 0 Å². The molecule has 1 heterocycles. The quantitative estimate of drug-likeness (QED) is 0.794. The Kier molecular flexibility index (Phi) is 12.3. The van der Waals surface area contributed by atoms with Gasteiger partial charge in [0.2, 0.25) is 5.91 Å². The standard InChI is InChI=1S/C12H21N3O2S.2ClH/c1-8(2)10-7-18-12(15-10)6-14-11(16)4-9(5-13)17-3;;/h7-9H,4-6,13H2,1-3H3,(H,14,16);2*1H. The van der Waals surface area contributed by atoms with Crippen molar-refractivity contribution in [2.75, 3.05) is 13.7 Å². The summed E-state index contributed by atoms with van der Waals surface area (Å²) in [6.45, 7) is 5.01. The second-order valence-corrected chi connectivity index (χ2v) is 5.34. The van der Waals surface area contributed by atoms with E-state index in [1.54, 1.807) is 18.4 Å². The molecule has 0 radical (unpaired) electrons. The maximum Gasteiger partial charge on any atom is 0.223 e. The topological polar surface area (TPSA) is 77.2 Å². The molecular weight excluding hydrogens is 321 g/mol. The SMILES string of the molecule is COC(CN)CC(=O)NCc1nc(C(C)C)cs1.Cl.Cl. The van der Waals surface area contributed by atoms with Crippen LogP contribution in [0.4, 0.5) is 0 Å². The van der Waals surface area contributed by atoms with E-state index in [4.69, 9.17) is 10.5 Å². The largest absolute Gasteiger partial charge is 0.380 e. The van der Waals surface area contributed by atoms with Crippen LogP contribution in [0, 0.1) is 0 Å². The van der Waals surface area contributed by atoms with Crippen molar-refractivity contribution in [2.24, 2.45) is 5.73 Å². The molecule has 0 bridgehead atoms. The lowest BCUT2D eigenvalue weighted by Gasteiger charge is -2.11. The lowest BCUT2D eigenvalue weighted by molar-refractivity contribution is -0.123. The zero-order valence-corrected chi connectivity index (χ0v) is 14.4. The number of carbonyl (C=O) groups is 1. The summed E-state index contributed by atoms with van der Waals surface area (Å²) in [7, 11) is 1.56. The van der Waals surface area contributed by atoms with Gasteiger partial charge in [0.25, 0.3) is 0 Å². The van der Waals surface area contributed by atoms with Crippen LogP contribution in [0.25, 0.3) is 0 Å². The highest BCUT2D eigenvalue weighted by Gasteiger charge is 2.12. The maximum atomic E-state index is 11.6. The number of nitrogens with one attached hydrogen (secondary N) is 1. The molecule has 5 nitrogen and oxygen atoms in total. The highest BCUT2D eigenvalue weighted by atomic mass is 35.5. The van der Waals surface area contributed by atoms with Crippen molar-refractivity contribution >= 4 is 42.1 Å². The van der Waals surface area contributed by atoms with E-state index in [1.807, 2.05) is 5.38 Å². The molecule has 0 aliphatic carbocycles. The maximum absolute atomic E-state index is 11.6. The van der Waals surface area contributed by atoms with Crippen molar-refractivity contribution in [3.63, 3.8) is 0 Å². The number of hydrogen-bond donors (Lipinski definition) is 2. The molecule has 8 heteroatoms. The minimum atomic E-state index is -0.215. The average molecular weight is 344 g/mol. The van der Waals surface area contributed by atoms with Crippen molar-refractivity contribution in [1.29, 1.82) is 0 Å². The summed E-state index contributed by atoms with van der Waals surface area (Å²) >= 11 is 1.57. The van der Waals surface area contributed by atoms with Crippen molar-refractivity contribution in [3.8, 4) is 0 Å². The summed E-state index contributed by atoms with van der Waals surface area (Å²) in [6, 6.07) is 0. The fourth-order valence-electron chi connectivity index (χ4n) is 1.39. The van der Waals surface area contributed by atoms with Gasteiger partial charge in [0.05, 0.1) is 24.8 Å².